The molecule has 0 unspecified atom stereocenters. The molecular formula is C7H6BrNO2. The summed E-state index contributed by atoms with van der Waals surface area (Å²) in [5.74, 6) is 0.432. The van der Waals surface area contributed by atoms with Gasteiger partial charge in [-0.25, -0.2) is 4.98 Å². The van der Waals surface area contributed by atoms with Crippen LogP contribution in [0.4, 0.5) is 0 Å². The number of ether oxygens (including phenoxy) is 1. The van der Waals surface area contributed by atoms with Crippen LogP contribution in [0, 0.1) is 0 Å². The summed E-state index contributed by atoms with van der Waals surface area (Å²) in [6.45, 7) is 0. The van der Waals surface area contributed by atoms with Gasteiger partial charge in [-0.15, -0.1) is 0 Å². The van der Waals surface area contributed by atoms with Crippen molar-refractivity contribution in [2.24, 2.45) is 0 Å². The van der Waals surface area contributed by atoms with E-state index in [0.717, 1.165) is 4.47 Å². The fourth-order valence-corrected chi connectivity index (χ4v) is 1.09. The van der Waals surface area contributed by atoms with E-state index in [9.17, 15) is 4.79 Å². The van der Waals surface area contributed by atoms with Crippen molar-refractivity contribution in [2.75, 3.05) is 7.11 Å². The minimum Gasteiger partial charge on any atom is -0.481 e. The Bertz CT molecular complexity index is 275. The van der Waals surface area contributed by atoms with Gasteiger partial charge >= 0.3 is 0 Å². The highest BCUT2D eigenvalue weighted by Crippen LogP contribution is 2.16. The summed E-state index contributed by atoms with van der Waals surface area (Å²) < 4.78 is 5.62. The molecule has 1 rings (SSSR count). The fourth-order valence-electron chi connectivity index (χ4n) is 0.658. The van der Waals surface area contributed by atoms with Crippen LogP contribution in [-0.2, 0) is 0 Å². The second-order valence-electron chi connectivity index (χ2n) is 1.87. The third-order valence-corrected chi connectivity index (χ3v) is 1.57. The molecule has 0 aromatic carbocycles. The smallest absolute Gasteiger partial charge is 0.214 e. The first-order valence-electron chi connectivity index (χ1n) is 2.93. The highest BCUT2D eigenvalue weighted by atomic mass is 79.9. The summed E-state index contributed by atoms with van der Waals surface area (Å²) in [4.78, 5) is 14.1. The Morgan fingerprint density at radius 3 is 2.91 bits per heavy atom. The lowest BCUT2D eigenvalue weighted by atomic mass is 10.4. The first kappa shape index (κ1) is 8.20. The van der Waals surface area contributed by atoms with E-state index in [1.54, 1.807) is 12.1 Å². The van der Waals surface area contributed by atoms with E-state index >= 15 is 0 Å². The normalized spacial score (nSPS) is 9.27. The number of hydrogen-bond donors (Lipinski definition) is 0. The quantitative estimate of drug-likeness (QED) is 0.705. The molecule has 0 saturated heterocycles. The van der Waals surface area contributed by atoms with Gasteiger partial charge in [-0.2, -0.15) is 0 Å². The van der Waals surface area contributed by atoms with Crippen molar-refractivity contribution < 1.29 is 9.53 Å². The predicted molar refractivity (Wildman–Crippen MR) is 43.9 cm³/mol. The lowest BCUT2D eigenvalue weighted by Crippen LogP contribution is -1.91. The maximum absolute atomic E-state index is 10.3. The number of nitrogens with zero attached hydrogens (tertiary/aromatic N) is 1. The predicted octanol–water partition coefficient (Wildman–Crippen LogP) is 1.67. The monoisotopic (exact) mass is 215 g/mol. The Kier molecular flexibility index (Phi) is 2.59. The molecule has 0 saturated carbocycles. The van der Waals surface area contributed by atoms with Gasteiger partial charge in [0.1, 0.15) is 5.69 Å². The van der Waals surface area contributed by atoms with Gasteiger partial charge in [0.2, 0.25) is 5.88 Å². The standard InChI is InChI=1S/C7H6BrNO2/c1-11-7-3-5(8)2-6(4-10)9-7/h2-4H,1H3. The van der Waals surface area contributed by atoms with Crippen molar-refractivity contribution in [3.63, 3.8) is 0 Å². The molecule has 4 heteroatoms. The maximum Gasteiger partial charge on any atom is 0.214 e. The summed E-state index contributed by atoms with van der Waals surface area (Å²) in [6, 6.07) is 3.31. The SMILES string of the molecule is COc1cc(Br)cc(C=O)n1. The molecule has 0 N–H and O–H groups in total. The summed E-state index contributed by atoms with van der Waals surface area (Å²) in [6.07, 6.45) is 0.674. The van der Waals surface area contributed by atoms with Crippen molar-refractivity contribution in [1.82, 2.24) is 4.98 Å². The third-order valence-electron chi connectivity index (χ3n) is 1.12. The number of methoxy groups -OCH3 is 1. The van der Waals surface area contributed by atoms with E-state index < -0.39 is 0 Å². The van der Waals surface area contributed by atoms with Crippen molar-refractivity contribution in [2.45, 2.75) is 0 Å². The second kappa shape index (κ2) is 3.48. The lowest BCUT2D eigenvalue weighted by molar-refractivity contribution is 0.111. The molecule has 0 fully saturated rings. The van der Waals surface area contributed by atoms with Crippen molar-refractivity contribution in [3.8, 4) is 5.88 Å². The van der Waals surface area contributed by atoms with Crippen LogP contribution in [0.3, 0.4) is 0 Å². The van der Waals surface area contributed by atoms with Gasteiger partial charge in [0.15, 0.2) is 6.29 Å². The van der Waals surface area contributed by atoms with E-state index in [1.165, 1.54) is 7.11 Å². The zero-order valence-electron chi connectivity index (χ0n) is 5.87. The Morgan fingerprint density at radius 1 is 1.64 bits per heavy atom. The van der Waals surface area contributed by atoms with Crippen LogP contribution in [0.2, 0.25) is 0 Å². The molecule has 0 aliphatic rings. The van der Waals surface area contributed by atoms with Crippen LogP contribution >= 0.6 is 15.9 Å². The van der Waals surface area contributed by atoms with Gasteiger partial charge in [-0.05, 0) is 6.07 Å². The molecule has 11 heavy (non-hydrogen) atoms. The van der Waals surface area contributed by atoms with Crippen molar-refractivity contribution in [1.29, 1.82) is 0 Å². The van der Waals surface area contributed by atoms with E-state index in [-0.39, 0.29) is 0 Å². The molecule has 0 spiro atoms. The van der Waals surface area contributed by atoms with Gasteiger partial charge in [0.05, 0.1) is 7.11 Å². The van der Waals surface area contributed by atoms with Crippen LogP contribution in [0.1, 0.15) is 10.5 Å². The van der Waals surface area contributed by atoms with Crippen LogP contribution < -0.4 is 4.74 Å². The molecule has 3 nitrogen and oxygen atoms in total. The third kappa shape index (κ3) is 2.01. The summed E-state index contributed by atoms with van der Waals surface area (Å²) >= 11 is 3.22. The Morgan fingerprint density at radius 2 is 2.36 bits per heavy atom. The Hall–Kier alpha value is -0.900. The van der Waals surface area contributed by atoms with Gasteiger partial charge in [0.25, 0.3) is 0 Å². The van der Waals surface area contributed by atoms with E-state index in [2.05, 4.69) is 20.9 Å². The largest absolute Gasteiger partial charge is 0.481 e. The number of carbonyl (C=O) groups is 1. The number of halogens is 1. The summed E-state index contributed by atoms with van der Waals surface area (Å²) in [5, 5.41) is 0. The average molecular weight is 216 g/mol. The molecule has 0 radical (unpaired) electrons. The highest BCUT2D eigenvalue weighted by Gasteiger charge is 1.98. The number of carbonyl (C=O) groups excluding carboxylic acids is 1. The molecule has 1 aromatic heterocycles. The molecule has 0 aliphatic heterocycles. The zero-order valence-corrected chi connectivity index (χ0v) is 7.46. The number of pyridine rings is 1. The Labute approximate surface area is 72.5 Å². The van der Waals surface area contributed by atoms with E-state index in [0.29, 0.717) is 17.9 Å². The number of rotatable bonds is 2. The van der Waals surface area contributed by atoms with E-state index in [1.807, 2.05) is 0 Å². The first-order valence-corrected chi connectivity index (χ1v) is 3.72. The minimum atomic E-state index is 0.358. The molecule has 1 aromatic rings. The van der Waals surface area contributed by atoms with Crippen molar-refractivity contribution >= 4 is 22.2 Å². The number of hydrogen-bond acceptors (Lipinski definition) is 3. The maximum atomic E-state index is 10.3. The molecule has 0 amide bonds. The van der Waals surface area contributed by atoms with Crippen LogP contribution in [0.25, 0.3) is 0 Å². The fraction of sp³-hybridized carbons (Fsp3) is 0.143. The van der Waals surface area contributed by atoms with Gasteiger partial charge in [-0.1, -0.05) is 15.9 Å². The molecule has 0 aliphatic carbocycles. The lowest BCUT2D eigenvalue weighted by Gasteiger charge is -1.98. The minimum absolute atomic E-state index is 0.358. The highest BCUT2D eigenvalue weighted by molar-refractivity contribution is 9.10. The van der Waals surface area contributed by atoms with Crippen LogP contribution in [0.5, 0.6) is 5.88 Å². The zero-order chi connectivity index (χ0) is 8.27. The average Bonchev–Trinajstić information content (AvgIpc) is 2.03. The first-order chi connectivity index (χ1) is 5.26. The van der Waals surface area contributed by atoms with Gasteiger partial charge in [0, 0.05) is 10.5 Å². The molecule has 58 valence electrons. The van der Waals surface area contributed by atoms with Gasteiger partial charge < -0.3 is 4.74 Å². The van der Waals surface area contributed by atoms with E-state index in [4.69, 9.17) is 4.74 Å². The summed E-state index contributed by atoms with van der Waals surface area (Å²) in [5.41, 5.74) is 0.358. The van der Waals surface area contributed by atoms with Crippen LogP contribution in [0.15, 0.2) is 16.6 Å². The molecule has 0 bridgehead atoms. The Balaban J connectivity index is 3.11. The van der Waals surface area contributed by atoms with Crippen LogP contribution in [-0.4, -0.2) is 18.4 Å². The molecular weight excluding hydrogens is 210 g/mol. The number of aromatic nitrogens is 1. The van der Waals surface area contributed by atoms with Crippen molar-refractivity contribution in [3.05, 3.63) is 22.3 Å². The number of aldehydes is 1. The summed E-state index contributed by atoms with van der Waals surface area (Å²) in [7, 11) is 1.50. The molecule has 0 atom stereocenters. The second-order valence-corrected chi connectivity index (χ2v) is 2.79. The van der Waals surface area contributed by atoms with Gasteiger partial charge in [-0.3, -0.25) is 4.79 Å². The molecule has 1 heterocycles. The topological polar surface area (TPSA) is 39.2 Å².